The molecule has 0 spiro atoms. The lowest BCUT2D eigenvalue weighted by Gasteiger charge is -2.22. The molecule has 164 valence electrons. The van der Waals surface area contributed by atoms with Gasteiger partial charge in [-0.15, -0.1) is 0 Å². The van der Waals surface area contributed by atoms with E-state index in [1.807, 2.05) is 6.92 Å². The zero-order chi connectivity index (χ0) is 21.9. The van der Waals surface area contributed by atoms with E-state index in [0.717, 1.165) is 0 Å². The number of primary sulfonamides is 1. The van der Waals surface area contributed by atoms with Crippen molar-refractivity contribution in [3.63, 3.8) is 0 Å². The molecule has 0 fully saturated rings. The SMILES string of the molecule is C=COCOCCCOCOc1ccc(NC(=O)C(C)(C)CC)cc1S(N)(=O)=O. The molecule has 10 heteroatoms. The second-order valence-corrected chi connectivity index (χ2v) is 8.31. The van der Waals surface area contributed by atoms with Gasteiger partial charge in [0.05, 0.1) is 19.5 Å². The molecule has 0 unspecified atom stereocenters. The van der Waals surface area contributed by atoms with Crippen molar-refractivity contribution in [1.82, 2.24) is 0 Å². The molecule has 0 aromatic heterocycles. The van der Waals surface area contributed by atoms with Crippen LogP contribution in [0.3, 0.4) is 0 Å². The summed E-state index contributed by atoms with van der Waals surface area (Å²) in [5, 5.41) is 7.98. The average molecular weight is 431 g/mol. The summed E-state index contributed by atoms with van der Waals surface area (Å²) >= 11 is 0. The molecule has 1 amide bonds. The third-order valence-electron chi connectivity index (χ3n) is 4.15. The Morgan fingerprint density at radius 2 is 1.90 bits per heavy atom. The van der Waals surface area contributed by atoms with Crippen molar-refractivity contribution in [3.8, 4) is 5.75 Å². The van der Waals surface area contributed by atoms with E-state index in [0.29, 0.717) is 31.7 Å². The maximum atomic E-state index is 12.3. The Balaban J connectivity index is 2.65. The smallest absolute Gasteiger partial charge is 0.241 e. The third kappa shape index (κ3) is 8.82. The molecule has 0 bridgehead atoms. The number of nitrogens with one attached hydrogen (secondary N) is 1. The third-order valence-corrected chi connectivity index (χ3v) is 5.08. The molecule has 0 atom stereocenters. The number of nitrogens with two attached hydrogens (primary N) is 1. The number of hydrogen-bond acceptors (Lipinski definition) is 7. The molecule has 1 aromatic rings. The van der Waals surface area contributed by atoms with Gasteiger partial charge in [0.2, 0.25) is 15.9 Å². The summed E-state index contributed by atoms with van der Waals surface area (Å²) in [6, 6.07) is 4.23. The second-order valence-electron chi connectivity index (χ2n) is 6.78. The topological polar surface area (TPSA) is 126 Å². The van der Waals surface area contributed by atoms with Gasteiger partial charge in [-0.25, -0.2) is 13.6 Å². The first-order valence-corrected chi connectivity index (χ1v) is 10.7. The van der Waals surface area contributed by atoms with Gasteiger partial charge in [0.1, 0.15) is 10.6 Å². The molecular formula is C19H30N2O7S. The Labute approximate surface area is 172 Å². The quantitative estimate of drug-likeness (QED) is 0.264. The standard InChI is InChI=1S/C19H30N2O7S/c1-5-19(3,4)18(22)21-15-8-9-16(17(12-15)29(20,23)24)28-14-27-11-7-10-26-13-25-6-2/h6,8-9,12H,2,5,7,10-11,13-14H2,1,3-4H3,(H,21,22)(H2,20,23,24). The van der Waals surface area contributed by atoms with Gasteiger partial charge >= 0.3 is 0 Å². The summed E-state index contributed by atoms with van der Waals surface area (Å²) in [4.78, 5) is 12.1. The molecule has 0 aliphatic carbocycles. The van der Waals surface area contributed by atoms with Crippen LogP contribution in [0, 0.1) is 5.41 Å². The number of sulfonamides is 1. The fraction of sp³-hybridized carbons (Fsp3) is 0.526. The highest BCUT2D eigenvalue weighted by molar-refractivity contribution is 7.89. The lowest BCUT2D eigenvalue weighted by molar-refractivity contribution is -0.124. The van der Waals surface area contributed by atoms with Crippen LogP contribution in [0.2, 0.25) is 0 Å². The van der Waals surface area contributed by atoms with Crippen molar-refractivity contribution in [1.29, 1.82) is 0 Å². The fourth-order valence-corrected chi connectivity index (χ4v) is 2.67. The molecule has 3 N–H and O–H groups in total. The van der Waals surface area contributed by atoms with Crippen LogP contribution in [0.5, 0.6) is 5.75 Å². The Morgan fingerprint density at radius 3 is 2.48 bits per heavy atom. The predicted octanol–water partition coefficient (Wildman–Crippen LogP) is 2.59. The minimum absolute atomic E-state index is 0.0379. The number of ether oxygens (including phenoxy) is 4. The van der Waals surface area contributed by atoms with Gasteiger partial charge in [-0.1, -0.05) is 27.4 Å². The maximum absolute atomic E-state index is 12.3. The van der Waals surface area contributed by atoms with Gasteiger partial charge in [0.25, 0.3) is 0 Å². The zero-order valence-corrected chi connectivity index (χ0v) is 17.9. The van der Waals surface area contributed by atoms with Gasteiger partial charge in [-0.2, -0.15) is 0 Å². The van der Waals surface area contributed by atoms with Crippen LogP contribution < -0.4 is 15.2 Å². The van der Waals surface area contributed by atoms with E-state index >= 15 is 0 Å². The van der Waals surface area contributed by atoms with Gasteiger partial charge < -0.3 is 24.3 Å². The summed E-state index contributed by atoms with van der Waals surface area (Å²) < 4.78 is 44.4. The van der Waals surface area contributed by atoms with Crippen LogP contribution in [-0.4, -0.2) is 41.1 Å². The lowest BCUT2D eigenvalue weighted by atomic mass is 9.89. The Hall–Kier alpha value is -2.14. The molecule has 1 aromatic carbocycles. The summed E-state index contributed by atoms with van der Waals surface area (Å²) in [6.07, 6.45) is 2.52. The maximum Gasteiger partial charge on any atom is 0.241 e. The molecule has 0 saturated heterocycles. The highest BCUT2D eigenvalue weighted by atomic mass is 32.2. The predicted molar refractivity (Wildman–Crippen MR) is 109 cm³/mol. The summed E-state index contributed by atoms with van der Waals surface area (Å²) in [5.74, 6) is -0.186. The Morgan fingerprint density at radius 1 is 1.24 bits per heavy atom. The van der Waals surface area contributed by atoms with E-state index in [1.54, 1.807) is 19.9 Å². The number of rotatable bonds is 14. The van der Waals surface area contributed by atoms with Crippen LogP contribution in [-0.2, 0) is 29.0 Å². The van der Waals surface area contributed by atoms with Crippen molar-refractivity contribution in [2.75, 3.05) is 32.1 Å². The molecule has 29 heavy (non-hydrogen) atoms. The van der Waals surface area contributed by atoms with Crippen molar-refractivity contribution < 1.29 is 32.2 Å². The highest BCUT2D eigenvalue weighted by Crippen LogP contribution is 2.28. The number of benzene rings is 1. The Bertz CT molecular complexity index is 779. The first kappa shape index (κ1) is 24.9. The average Bonchev–Trinajstić information content (AvgIpc) is 2.66. The summed E-state index contributed by atoms with van der Waals surface area (Å²) in [7, 11) is -4.07. The van der Waals surface area contributed by atoms with Crippen LogP contribution in [0.1, 0.15) is 33.6 Å². The number of anilines is 1. The molecule has 0 saturated carbocycles. The van der Waals surface area contributed by atoms with E-state index in [-0.39, 0.29) is 30.1 Å². The van der Waals surface area contributed by atoms with Crippen molar-refractivity contribution in [2.24, 2.45) is 10.6 Å². The molecule has 9 nitrogen and oxygen atoms in total. The lowest BCUT2D eigenvalue weighted by Crippen LogP contribution is -2.30. The zero-order valence-electron chi connectivity index (χ0n) is 17.1. The first-order valence-electron chi connectivity index (χ1n) is 9.11. The van der Waals surface area contributed by atoms with E-state index in [9.17, 15) is 13.2 Å². The van der Waals surface area contributed by atoms with Crippen LogP contribution >= 0.6 is 0 Å². The minimum atomic E-state index is -4.07. The molecule has 0 aliphatic heterocycles. The highest BCUT2D eigenvalue weighted by Gasteiger charge is 2.26. The number of amides is 1. The fourth-order valence-electron chi connectivity index (χ4n) is 1.97. The number of hydrogen-bond donors (Lipinski definition) is 2. The monoisotopic (exact) mass is 430 g/mol. The Kier molecular flexibility index (Phi) is 10.1. The van der Waals surface area contributed by atoms with Gasteiger partial charge in [0, 0.05) is 11.1 Å². The molecular weight excluding hydrogens is 400 g/mol. The molecule has 0 aliphatic rings. The largest absolute Gasteiger partial charge is 0.476 e. The van der Waals surface area contributed by atoms with Crippen molar-refractivity contribution >= 4 is 21.6 Å². The summed E-state index contributed by atoms with van der Waals surface area (Å²) in [5.41, 5.74) is -0.278. The number of carbonyl (C=O) groups is 1. The van der Waals surface area contributed by atoms with Gasteiger partial charge in [-0.3, -0.25) is 4.79 Å². The number of carbonyl (C=O) groups excluding carboxylic acids is 1. The van der Waals surface area contributed by atoms with E-state index in [4.69, 9.17) is 24.1 Å². The van der Waals surface area contributed by atoms with Crippen molar-refractivity contribution in [3.05, 3.63) is 31.0 Å². The van der Waals surface area contributed by atoms with Gasteiger partial charge in [0.15, 0.2) is 13.6 Å². The first-order chi connectivity index (χ1) is 13.6. The van der Waals surface area contributed by atoms with Crippen LogP contribution in [0.4, 0.5) is 5.69 Å². The van der Waals surface area contributed by atoms with Gasteiger partial charge in [-0.05, 0) is 31.0 Å². The van der Waals surface area contributed by atoms with E-state index in [1.165, 1.54) is 18.4 Å². The molecule has 0 radical (unpaired) electrons. The summed E-state index contributed by atoms with van der Waals surface area (Å²) in [6.45, 7) is 9.62. The second kappa shape index (κ2) is 11.8. The van der Waals surface area contributed by atoms with Crippen LogP contribution in [0.15, 0.2) is 35.9 Å². The normalized spacial score (nSPS) is 11.7. The molecule has 0 heterocycles. The minimum Gasteiger partial charge on any atom is -0.476 e. The van der Waals surface area contributed by atoms with Crippen molar-refractivity contribution in [2.45, 2.75) is 38.5 Å². The van der Waals surface area contributed by atoms with E-state index < -0.39 is 15.4 Å². The molecule has 1 rings (SSSR count). The van der Waals surface area contributed by atoms with E-state index in [2.05, 4.69) is 11.9 Å². The van der Waals surface area contributed by atoms with Crippen LogP contribution in [0.25, 0.3) is 0 Å².